The van der Waals surface area contributed by atoms with Crippen molar-refractivity contribution in [3.63, 3.8) is 0 Å². The summed E-state index contributed by atoms with van der Waals surface area (Å²) in [6.45, 7) is 7.00. The Kier molecular flexibility index (Phi) is 3.93. The summed E-state index contributed by atoms with van der Waals surface area (Å²) in [5.74, 6) is 0.264. The maximum absolute atomic E-state index is 11.7. The van der Waals surface area contributed by atoms with Crippen LogP contribution in [0.3, 0.4) is 0 Å². The van der Waals surface area contributed by atoms with Gasteiger partial charge in [0.1, 0.15) is 5.75 Å². The van der Waals surface area contributed by atoms with Gasteiger partial charge < -0.3 is 9.47 Å². The first-order valence-corrected chi connectivity index (χ1v) is 5.28. The molecule has 0 saturated heterocycles. The number of rotatable bonds is 4. The van der Waals surface area contributed by atoms with E-state index in [9.17, 15) is 4.79 Å². The zero-order valence-electron chi connectivity index (χ0n) is 10.1. The monoisotopic (exact) mass is 221 g/mol. The summed E-state index contributed by atoms with van der Waals surface area (Å²) in [6, 6.07) is 9.86. The van der Waals surface area contributed by atoms with Crippen molar-refractivity contribution in [1.29, 1.82) is 0 Å². The molecule has 1 aromatic carbocycles. The predicted octanol–water partition coefficient (Wildman–Crippen LogP) is 2.60. The highest BCUT2D eigenvalue weighted by molar-refractivity contribution is 5.79. The fourth-order valence-corrected chi connectivity index (χ4v) is 1.13. The summed E-state index contributed by atoms with van der Waals surface area (Å²) in [5, 5.41) is 0. The highest BCUT2D eigenvalue weighted by Crippen LogP contribution is 2.19. The van der Waals surface area contributed by atoms with E-state index >= 15 is 0 Å². The summed E-state index contributed by atoms with van der Waals surface area (Å²) in [6.07, 6.45) is -0.139. The molecule has 3 nitrogen and oxygen atoms in total. The molecular weight excluding hydrogens is 204 g/mol. The Morgan fingerprint density at radius 3 is 2.38 bits per heavy atom. The Morgan fingerprint density at radius 2 is 1.88 bits per heavy atom. The van der Waals surface area contributed by atoms with Crippen LogP contribution >= 0.6 is 0 Å². The molecule has 0 N–H and O–H groups in total. The lowest BCUT2D eigenvalue weighted by molar-refractivity contribution is -0.163. The van der Waals surface area contributed by atoms with Crippen LogP contribution in [0.15, 0.2) is 24.3 Å². The van der Waals surface area contributed by atoms with Gasteiger partial charge in [-0.25, -0.2) is 4.79 Å². The third-order valence-electron chi connectivity index (χ3n) is 1.89. The van der Waals surface area contributed by atoms with Gasteiger partial charge in [0.2, 0.25) is 0 Å². The van der Waals surface area contributed by atoms with Crippen LogP contribution in [0.1, 0.15) is 27.7 Å². The van der Waals surface area contributed by atoms with Crippen LogP contribution < -0.4 is 4.74 Å². The van der Waals surface area contributed by atoms with Gasteiger partial charge in [0.05, 0.1) is 6.10 Å². The van der Waals surface area contributed by atoms with Crippen LogP contribution in [0.5, 0.6) is 5.75 Å². The molecule has 1 aromatic rings. The zero-order valence-corrected chi connectivity index (χ0v) is 10.1. The highest BCUT2D eigenvalue weighted by atomic mass is 16.6. The van der Waals surface area contributed by atoms with Crippen LogP contribution in [-0.2, 0) is 9.53 Å². The molecular formula is C13H17O3. The molecule has 0 aliphatic carbocycles. The molecule has 1 radical (unpaired) electrons. The van der Waals surface area contributed by atoms with Crippen LogP contribution in [0.4, 0.5) is 0 Å². The van der Waals surface area contributed by atoms with Crippen molar-refractivity contribution in [1.82, 2.24) is 0 Å². The Hall–Kier alpha value is -1.51. The number of esters is 1. The molecule has 0 aliphatic heterocycles. The van der Waals surface area contributed by atoms with Crippen molar-refractivity contribution in [2.75, 3.05) is 0 Å². The van der Waals surface area contributed by atoms with Crippen molar-refractivity contribution < 1.29 is 14.3 Å². The number of carbonyl (C=O) groups excluding carboxylic acids is 1. The van der Waals surface area contributed by atoms with Gasteiger partial charge in [-0.3, -0.25) is 0 Å². The van der Waals surface area contributed by atoms with Crippen molar-refractivity contribution >= 4 is 5.97 Å². The summed E-state index contributed by atoms with van der Waals surface area (Å²) in [5.41, 5.74) is -0.981. The van der Waals surface area contributed by atoms with E-state index in [0.717, 1.165) is 0 Å². The Bertz CT molecular complexity index is 341. The van der Waals surface area contributed by atoms with E-state index in [0.29, 0.717) is 5.75 Å². The summed E-state index contributed by atoms with van der Waals surface area (Å²) < 4.78 is 10.7. The molecule has 16 heavy (non-hydrogen) atoms. The predicted molar refractivity (Wildman–Crippen MR) is 61.2 cm³/mol. The topological polar surface area (TPSA) is 35.5 Å². The summed E-state index contributed by atoms with van der Waals surface area (Å²) in [4.78, 5) is 11.7. The van der Waals surface area contributed by atoms with Crippen molar-refractivity contribution in [3.05, 3.63) is 30.3 Å². The van der Waals surface area contributed by atoms with Gasteiger partial charge in [0.25, 0.3) is 0 Å². The normalized spacial score (nSPS) is 11.3. The van der Waals surface area contributed by atoms with Crippen molar-refractivity contribution in [3.8, 4) is 5.75 Å². The molecule has 87 valence electrons. The first-order chi connectivity index (χ1) is 7.42. The molecule has 0 saturated carbocycles. The van der Waals surface area contributed by atoms with Crippen molar-refractivity contribution in [2.24, 2.45) is 0 Å². The standard InChI is InChI=1S/C13H17O3/c1-10(2)15-12(14)13(3,4)16-11-8-6-5-7-9-11/h6-10H,1-4H3. The molecule has 0 spiro atoms. The average molecular weight is 221 g/mol. The molecule has 0 aliphatic rings. The average Bonchev–Trinajstić information content (AvgIpc) is 2.17. The summed E-state index contributed by atoms with van der Waals surface area (Å²) in [7, 11) is 0. The lowest BCUT2D eigenvalue weighted by Gasteiger charge is -2.25. The first-order valence-electron chi connectivity index (χ1n) is 5.28. The van der Waals surface area contributed by atoms with Gasteiger partial charge in [-0.15, -0.1) is 0 Å². The van der Waals surface area contributed by atoms with Gasteiger partial charge in [-0.05, 0) is 45.9 Å². The zero-order chi connectivity index (χ0) is 12.2. The Balaban J connectivity index is 2.68. The molecule has 0 aromatic heterocycles. The molecule has 0 fully saturated rings. The minimum atomic E-state index is -0.981. The second kappa shape index (κ2) is 5.01. The van der Waals surface area contributed by atoms with Crippen molar-refractivity contribution in [2.45, 2.75) is 39.4 Å². The maximum Gasteiger partial charge on any atom is 0.350 e. The van der Waals surface area contributed by atoms with Crippen LogP contribution in [0.25, 0.3) is 0 Å². The minimum absolute atomic E-state index is 0.139. The molecule has 0 amide bonds. The SMILES string of the molecule is CC(C)OC(=O)C(C)(C)Oc1cc[c]cc1. The quantitative estimate of drug-likeness (QED) is 0.733. The molecule has 0 heterocycles. The Morgan fingerprint density at radius 1 is 1.31 bits per heavy atom. The van der Waals surface area contributed by atoms with Gasteiger partial charge in [-0.1, -0.05) is 12.1 Å². The maximum atomic E-state index is 11.7. The number of benzene rings is 1. The fraction of sp³-hybridized carbons (Fsp3) is 0.462. The minimum Gasteiger partial charge on any atom is -0.476 e. The van der Waals surface area contributed by atoms with Crippen LogP contribution in [0, 0.1) is 6.07 Å². The van der Waals surface area contributed by atoms with E-state index in [2.05, 4.69) is 6.07 Å². The van der Waals surface area contributed by atoms with Gasteiger partial charge in [0.15, 0.2) is 5.60 Å². The largest absolute Gasteiger partial charge is 0.476 e. The Labute approximate surface area is 96.4 Å². The lowest BCUT2D eigenvalue weighted by Crippen LogP contribution is -2.40. The molecule has 0 bridgehead atoms. The van der Waals surface area contributed by atoms with Gasteiger partial charge in [-0.2, -0.15) is 0 Å². The third kappa shape index (κ3) is 3.57. The highest BCUT2D eigenvalue weighted by Gasteiger charge is 2.32. The van der Waals surface area contributed by atoms with E-state index < -0.39 is 5.60 Å². The van der Waals surface area contributed by atoms with E-state index in [-0.39, 0.29) is 12.1 Å². The van der Waals surface area contributed by atoms with E-state index in [1.807, 2.05) is 13.8 Å². The van der Waals surface area contributed by atoms with Gasteiger partial charge in [0, 0.05) is 0 Å². The lowest BCUT2D eigenvalue weighted by atomic mass is 10.1. The first kappa shape index (κ1) is 12.6. The smallest absolute Gasteiger partial charge is 0.350 e. The number of carbonyl (C=O) groups is 1. The molecule has 0 unspecified atom stereocenters. The number of hydrogen-bond acceptors (Lipinski definition) is 3. The molecule has 0 atom stereocenters. The number of ether oxygens (including phenoxy) is 2. The molecule has 1 rings (SSSR count). The second-order valence-corrected chi connectivity index (χ2v) is 4.30. The molecule has 3 heteroatoms. The third-order valence-corrected chi connectivity index (χ3v) is 1.89. The van der Waals surface area contributed by atoms with Crippen LogP contribution in [-0.4, -0.2) is 17.7 Å². The summed E-state index contributed by atoms with van der Waals surface area (Å²) >= 11 is 0. The van der Waals surface area contributed by atoms with E-state index in [1.165, 1.54) is 0 Å². The number of hydrogen-bond donors (Lipinski definition) is 0. The van der Waals surface area contributed by atoms with E-state index in [4.69, 9.17) is 9.47 Å². The fourth-order valence-electron chi connectivity index (χ4n) is 1.13. The van der Waals surface area contributed by atoms with Crippen LogP contribution in [0.2, 0.25) is 0 Å². The van der Waals surface area contributed by atoms with Gasteiger partial charge >= 0.3 is 5.97 Å². The second-order valence-electron chi connectivity index (χ2n) is 4.30. The van der Waals surface area contributed by atoms with E-state index in [1.54, 1.807) is 38.1 Å².